The fourth-order valence-electron chi connectivity index (χ4n) is 2.86. The number of ether oxygens (including phenoxy) is 2. The number of hydrogen-bond donors (Lipinski definition) is 0. The van der Waals surface area contributed by atoms with E-state index in [0.29, 0.717) is 11.5 Å². The molecule has 0 N–H and O–H groups in total. The van der Waals surface area contributed by atoms with Gasteiger partial charge in [-0.3, -0.25) is 4.31 Å². The van der Waals surface area contributed by atoms with Crippen LogP contribution in [0.15, 0.2) is 40.8 Å². The first kappa shape index (κ1) is 20.9. The van der Waals surface area contributed by atoms with Gasteiger partial charge in [0, 0.05) is 17.2 Å². The molecule has 0 unspecified atom stereocenters. The van der Waals surface area contributed by atoms with Crippen LogP contribution in [0.1, 0.15) is 11.5 Å². The lowest BCUT2D eigenvalue weighted by atomic mass is 10.1. The zero-order chi connectivity index (χ0) is 22.4. The molecule has 0 fully saturated rings. The molecule has 0 bridgehead atoms. The lowest BCUT2D eigenvalue weighted by Crippen LogP contribution is -2.29. The van der Waals surface area contributed by atoms with Crippen LogP contribution in [-0.2, 0) is 22.7 Å². The van der Waals surface area contributed by atoms with Gasteiger partial charge >= 0.3 is 12.1 Å². The number of halogens is 4. The summed E-state index contributed by atoms with van der Waals surface area (Å²) < 4.78 is 93.1. The molecule has 1 aromatic heterocycles. The van der Waals surface area contributed by atoms with E-state index in [1.165, 1.54) is 30.3 Å². The minimum Gasteiger partial charge on any atom is -0.454 e. The highest BCUT2D eigenvalue weighted by Gasteiger charge is 2.38. The van der Waals surface area contributed by atoms with Gasteiger partial charge in [-0.15, -0.1) is 10.2 Å². The van der Waals surface area contributed by atoms with E-state index >= 15 is 0 Å². The topological polar surface area (TPSA) is 94.8 Å². The van der Waals surface area contributed by atoms with Crippen molar-refractivity contribution in [3.8, 4) is 23.0 Å². The minimum atomic E-state index is -4.83. The smallest absolute Gasteiger partial charge is 0.454 e. The molecule has 13 heteroatoms. The van der Waals surface area contributed by atoms with Crippen LogP contribution in [0.25, 0.3) is 11.5 Å². The predicted molar refractivity (Wildman–Crippen MR) is 98.3 cm³/mol. The molecule has 8 nitrogen and oxygen atoms in total. The Labute approximate surface area is 173 Å². The SMILES string of the molecule is CS(=O)(=O)N(Cc1ccc(-c2nnc(C(F)(F)F)o2)cc1F)c1ccc2c(c1)OCO2. The first-order chi connectivity index (χ1) is 14.5. The third kappa shape index (κ3) is 4.26. The second-order valence-corrected chi connectivity index (χ2v) is 8.43. The van der Waals surface area contributed by atoms with E-state index in [1.54, 1.807) is 0 Å². The molecule has 2 aromatic carbocycles. The van der Waals surface area contributed by atoms with Crippen molar-refractivity contribution in [1.82, 2.24) is 10.2 Å². The first-order valence-electron chi connectivity index (χ1n) is 8.59. The Morgan fingerprint density at radius 1 is 1.06 bits per heavy atom. The van der Waals surface area contributed by atoms with E-state index in [9.17, 15) is 26.0 Å². The maximum absolute atomic E-state index is 14.7. The number of anilines is 1. The lowest BCUT2D eigenvalue weighted by Gasteiger charge is -2.23. The summed E-state index contributed by atoms with van der Waals surface area (Å²) in [4.78, 5) is 0. The van der Waals surface area contributed by atoms with Gasteiger partial charge in [0.2, 0.25) is 22.7 Å². The Balaban J connectivity index is 1.63. The van der Waals surface area contributed by atoms with Crippen molar-refractivity contribution in [2.75, 3.05) is 17.4 Å². The molecule has 0 atom stereocenters. The number of sulfonamides is 1. The van der Waals surface area contributed by atoms with E-state index in [0.717, 1.165) is 16.6 Å². The highest BCUT2D eigenvalue weighted by Crippen LogP contribution is 2.37. The lowest BCUT2D eigenvalue weighted by molar-refractivity contribution is -0.156. The highest BCUT2D eigenvalue weighted by molar-refractivity contribution is 7.92. The summed E-state index contributed by atoms with van der Waals surface area (Å²) in [5, 5.41) is 6.16. The number of alkyl halides is 3. The van der Waals surface area contributed by atoms with Crippen molar-refractivity contribution in [2.45, 2.75) is 12.7 Å². The number of benzene rings is 2. The molecule has 1 aliphatic heterocycles. The molecule has 0 saturated heterocycles. The predicted octanol–water partition coefficient (Wildman–Crippen LogP) is 3.59. The van der Waals surface area contributed by atoms with E-state index in [2.05, 4.69) is 14.6 Å². The number of aromatic nitrogens is 2. The van der Waals surface area contributed by atoms with Gasteiger partial charge in [0.1, 0.15) is 5.82 Å². The van der Waals surface area contributed by atoms with Crippen molar-refractivity contribution in [2.24, 2.45) is 0 Å². The zero-order valence-electron chi connectivity index (χ0n) is 15.7. The molecule has 0 aliphatic carbocycles. The van der Waals surface area contributed by atoms with Crippen molar-refractivity contribution < 1.29 is 39.9 Å². The highest BCUT2D eigenvalue weighted by atomic mass is 32.2. The van der Waals surface area contributed by atoms with Gasteiger partial charge in [-0.2, -0.15) is 13.2 Å². The summed E-state index contributed by atoms with van der Waals surface area (Å²) in [6.07, 6.45) is -3.87. The van der Waals surface area contributed by atoms with Crippen molar-refractivity contribution in [3.05, 3.63) is 53.7 Å². The average molecular weight is 459 g/mol. The van der Waals surface area contributed by atoms with Crippen molar-refractivity contribution in [3.63, 3.8) is 0 Å². The van der Waals surface area contributed by atoms with Gasteiger partial charge in [-0.25, -0.2) is 12.8 Å². The van der Waals surface area contributed by atoms with Gasteiger partial charge in [0.05, 0.1) is 18.5 Å². The maximum Gasteiger partial charge on any atom is 0.470 e. The second-order valence-electron chi connectivity index (χ2n) is 6.52. The van der Waals surface area contributed by atoms with E-state index in [1.807, 2.05) is 0 Å². The molecular weight excluding hydrogens is 446 g/mol. The Morgan fingerprint density at radius 3 is 2.45 bits per heavy atom. The fourth-order valence-corrected chi connectivity index (χ4v) is 3.73. The van der Waals surface area contributed by atoms with Crippen LogP contribution in [0, 0.1) is 5.82 Å². The van der Waals surface area contributed by atoms with Gasteiger partial charge < -0.3 is 13.9 Å². The fraction of sp³-hybridized carbons (Fsp3) is 0.222. The van der Waals surface area contributed by atoms with Gasteiger partial charge in [0.15, 0.2) is 11.5 Å². The summed E-state index contributed by atoms with van der Waals surface area (Å²) in [5.41, 5.74) is 0.114. The monoisotopic (exact) mass is 459 g/mol. The zero-order valence-corrected chi connectivity index (χ0v) is 16.5. The molecule has 0 spiro atoms. The van der Waals surface area contributed by atoms with E-state index in [4.69, 9.17) is 9.47 Å². The molecule has 0 saturated carbocycles. The summed E-state index contributed by atoms with van der Waals surface area (Å²) >= 11 is 0. The van der Waals surface area contributed by atoms with Gasteiger partial charge in [-0.1, -0.05) is 6.07 Å². The Hall–Kier alpha value is -3.35. The third-order valence-corrected chi connectivity index (χ3v) is 5.47. The molecule has 3 aromatic rings. The van der Waals surface area contributed by atoms with Crippen LogP contribution in [0.2, 0.25) is 0 Å². The number of hydrogen-bond acceptors (Lipinski definition) is 7. The molecule has 1 aliphatic rings. The quantitative estimate of drug-likeness (QED) is 0.538. The first-order valence-corrected chi connectivity index (χ1v) is 10.4. The van der Waals surface area contributed by atoms with E-state index in [-0.39, 0.29) is 30.2 Å². The number of rotatable bonds is 5. The van der Waals surface area contributed by atoms with Crippen LogP contribution in [0.5, 0.6) is 11.5 Å². The molecule has 31 heavy (non-hydrogen) atoms. The normalized spacial score (nSPS) is 13.5. The van der Waals surface area contributed by atoms with Gasteiger partial charge in [0.25, 0.3) is 0 Å². The molecular formula is C18H13F4N3O5S. The maximum atomic E-state index is 14.7. The molecule has 4 rings (SSSR count). The largest absolute Gasteiger partial charge is 0.470 e. The molecule has 0 amide bonds. The Morgan fingerprint density at radius 2 is 1.81 bits per heavy atom. The van der Waals surface area contributed by atoms with Crippen LogP contribution in [0.4, 0.5) is 23.2 Å². The van der Waals surface area contributed by atoms with Crippen molar-refractivity contribution >= 4 is 15.7 Å². The average Bonchev–Trinajstić information content (AvgIpc) is 3.34. The van der Waals surface area contributed by atoms with Crippen LogP contribution < -0.4 is 13.8 Å². The van der Waals surface area contributed by atoms with Crippen LogP contribution >= 0.6 is 0 Å². The third-order valence-electron chi connectivity index (χ3n) is 4.33. The minimum absolute atomic E-state index is 0.000519. The molecule has 2 heterocycles. The Bertz CT molecular complexity index is 1240. The van der Waals surface area contributed by atoms with Crippen molar-refractivity contribution in [1.29, 1.82) is 0 Å². The molecule has 164 valence electrons. The number of fused-ring (bicyclic) bond motifs is 1. The standard InChI is InChI=1S/C18H13F4N3O5S/c1-31(26,27)25(12-4-5-14-15(7-12)29-9-28-14)8-11-3-2-10(6-13(11)19)16-23-24-17(30-16)18(20,21)22/h2-7H,8-9H2,1H3. The number of nitrogens with zero attached hydrogens (tertiary/aromatic N) is 3. The van der Waals surface area contributed by atoms with Crippen LogP contribution in [0.3, 0.4) is 0 Å². The van der Waals surface area contributed by atoms with E-state index < -0.39 is 33.8 Å². The van der Waals surface area contributed by atoms with Crippen LogP contribution in [-0.4, -0.2) is 31.7 Å². The summed E-state index contributed by atoms with van der Waals surface area (Å²) in [5.74, 6) is -2.14. The summed E-state index contributed by atoms with van der Waals surface area (Å²) in [7, 11) is -3.82. The molecule has 0 radical (unpaired) electrons. The Kier molecular flexibility index (Phi) is 5.00. The second kappa shape index (κ2) is 7.41. The summed E-state index contributed by atoms with van der Waals surface area (Å²) in [6.45, 7) is -0.373. The van der Waals surface area contributed by atoms with Gasteiger partial charge in [-0.05, 0) is 24.3 Å². The summed E-state index contributed by atoms with van der Waals surface area (Å²) in [6, 6.07) is 7.84.